The Hall–Kier alpha value is -0.120. The molecule has 15 heavy (non-hydrogen) atoms. The second-order valence-corrected chi connectivity index (χ2v) is 5.27. The van der Waals surface area contributed by atoms with E-state index in [0.29, 0.717) is 6.10 Å². The van der Waals surface area contributed by atoms with E-state index in [1.165, 1.54) is 25.9 Å². The Morgan fingerprint density at radius 2 is 2.40 bits per heavy atom. The summed E-state index contributed by atoms with van der Waals surface area (Å²) in [5.41, 5.74) is 0.206. The first-order valence-corrected chi connectivity index (χ1v) is 6.28. The molecule has 0 aromatic rings. The molecule has 0 aromatic carbocycles. The van der Waals surface area contributed by atoms with Crippen molar-refractivity contribution in [3.8, 4) is 0 Å². The van der Waals surface area contributed by atoms with Gasteiger partial charge < -0.3 is 15.4 Å². The van der Waals surface area contributed by atoms with Gasteiger partial charge in [-0.05, 0) is 58.7 Å². The number of hydrogen-bond acceptors (Lipinski definition) is 3. The van der Waals surface area contributed by atoms with Crippen molar-refractivity contribution >= 4 is 0 Å². The zero-order valence-corrected chi connectivity index (χ0v) is 10.0. The van der Waals surface area contributed by atoms with Crippen LogP contribution in [0.25, 0.3) is 0 Å². The van der Waals surface area contributed by atoms with E-state index in [2.05, 4.69) is 24.5 Å². The normalized spacial score (nSPS) is 42.0. The second-order valence-electron chi connectivity index (χ2n) is 5.27. The van der Waals surface area contributed by atoms with Crippen LogP contribution in [0.2, 0.25) is 0 Å². The number of nitrogens with one attached hydrogen (secondary N) is 2. The van der Waals surface area contributed by atoms with E-state index in [1.807, 2.05) is 0 Å². The average Bonchev–Trinajstić information content (AvgIpc) is 2.59. The monoisotopic (exact) mass is 212 g/mol. The topological polar surface area (TPSA) is 33.3 Å². The lowest BCUT2D eigenvalue weighted by Gasteiger charge is -2.32. The average molecular weight is 212 g/mol. The predicted octanol–water partition coefficient (Wildman–Crippen LogP) is 1.14. The lowest BCUT2D eigenvalue weighted by molar-refractivity contribution is 0.0865. The molecule has 2 aliphatic rings. The van der Waals surface area contributed by atoms with E-state index in [1.54, 1.807) is 0 Å². The van der Waals surface area contributed by atoms with Gasteiger partial charge in [-0.25, -0.2) is 0 Å². The molecule has 2 N–H and O–H groups in total. The van der Waals surface area contributed by atoms with Gasteiger partial charge in [0.15, 0.2) is 0 Å². The van der Waals surface area contributed by atoms with Crippen molar-refractivity contribution in [1.82, 2.24) is 10.6 Å². The van der Waals surface area contributed by atoms with Crippen LogP contribution >= 0.6 is 0 Å². The van der Waals surface area contributed by atoms with Crippen LogP contribution in [0.4, 0.5) is 0 Å². The maximum absolute atomic E-state index is 5.63. The maximum atomic E-state index is 5.63. The molecule has 0 saturated carbocycles. The van der Waals surface area contributed by atoms with Crippen molar-refractivity contribution in [3.63, 3.8) is 0 Å². The van der Waals surface area contributed by atoms with Gasteiger partial charge in [-0.1, -0.05) is 0 Å². The third-order valence-electron chi connectivity index (χ3n) is 4.08. The lowest BCUT2D eigenvalue weighted by atomic mass is 9.92. The summed E-state index contributed by atoms with van der Waals surface area (Å²) in [6, 6.07) is 0. The summed E-state index contributed by atoms with van der Waals surface area (Å²) >= 11 is 0. The third-order valence-corrected chi connectivity index (χ3v) is 4.08. The molecule has 3 heteroatoms. The molecule has 0 aromatic heterocycles. The highest BCUT2D eigenvalue weighted by molar-refractivity contribution is 4.94. The van der Waals surface area contributed by atoms with Crippen LogP contribution in [-0.2, 0) is 4.74 Å². The van der Waals surface area contributed by atoms with Crippen molar-refractivity contribution in [1.29, 1.82) is 0 Å². The lowest BCUT2D eigenvalue weighted by Crippen LogP contribution is -2.50. The Balaban J connectivity index is 1.76. The van der Waals surface area contributed by atoms with E-state index < -0.39 is 0 Å². The molecule has 3 atom stereocenters. The maximum Gasteiger partial charge on any atom is 0.0726 e. The molecule has 88 valence electrons. The molecule has 2 fully saturated rings. The Kier molecular flexibility index (Phi) is 3.65. The zero-order valence-electron chi connectivity index (χ0n) is 10.0. The standard InChI is InChI=1S/C12H24N2O/c1-10-12(2,5-7-15-10)14-9-11-4-3-6-13-8-11/h10-11,13-14H,3-9H2,1-2H3. The van der Waals surface area contributed by atoms with Gasteiger partial charge in [-0.15, -0.1) is 0 Å². The van der Waals surface area contributed by atoms with Crippen LogP contribution in [0.3, 0.4) is 0 Å². The minimum atomic E-state index is 0.206. The molecule has 2 heterocycles. The Labute approximate surface area is 93.0 Å². The summed E-state index contributed by atoms with van der Waals surface area (Å²) in [5, 5.41) is 7.18. The predicted molar refractivity (Wildman–Crippen MR) is 62.0 cm³/mol. The van der Waals surface area contributed by atoms with Gasteiger partial charge in [0.25, 0.3) is 0 Å². The fourth-order valence-corrected chi connectivity index (χ4v) is 2.54. The quantitative estimate of drug-likeness (QED) is 0.736. The van der Waals surface area contributed by atoms with Gasteiger partial charge in [0.05, 0.1) is 6.10 Å². The van der Waals surface area contributed by atoms with Crippen LogP contribution in [0.15, 0.2) is 0 Å². The minimum Gasteiger partial charge on any atom is -0.377 e. The highest BCUT2D eigenvalue weighted by atomic mass is 16.5. The summed E-state index contributed by atoms with van der Waals surface area (Å²) in [6.07, 6.45) is 4.20. The molecule has 3 nitrogen and oxygen atoms in total. The second kappa shape index (κ2) is 4.81. The third kappa shape index (κ3) is 2.71. The van der Waals surface area contributed by atoms with Gasteiger partial charge in [0.2, 0.25) is 0 Å². The van der Waals surface area contributed by atoms with Crippen molar-refractivity contribution in [2.75, 3.05) is 26.2 Å². The summed E-state index contributed by atoms with van der Waals surface area (Å²) in [6.45, 7) is 8.90. The molecule has 3 unspecified atom stereocenters. The molecule has 0 aliphatic carbocycles. The van der Waals surface area contributed by atoms with Crippen molar-refractivity contribution in [2.24, 2.45) is 5.92 Å². The molecule has 2 rings (SSSR count). The molecular weight excluding hydrogens is 188 g/mol. The Morgan fingerprint density at radius 1 is 1.53 bits per heavy atom. The molecule has 0 amide bonds. The first kappa shape index (κ1) is 11.4. The minimum absolute atomic E-state index is 0.206. The number of hydrogen-bond donors (Lipinski definition) is 2. The van der Waals surface area contributed by atoms with E-state index in [0.717, 1.165) is 25.5 Å². The smallest absolute Gasteiger partial charge is 0.0726 e. The van der Waals surface area contributed by atoms with Gasteiger partial charge in [0.1, 0.15) is 0 Å². The van der Waals surface area contributed by atoms with E-state index in [9.17, 15) is 0 Å². The summed E-state index contributed by atoms with van der Waals surface area (Å²) in [4.78, 5) is 0. The van der Waals surface area contributed by atoms with Crippen molar-refractivity contribution in [2.45, 2.75) is 44.8 Å². The van der Waals surface area contributed by atoms with Crippen molar-refractivity contribution < 1.29 is 4.74 Å². The van der Waals surface area contributed by atoms with Gasteiger partial charge >= 0.3 is 0 Å². The number of rotatable bonds is 3. The van der Waals surface area contributed by atoms with Crippen LogP contribution < -0.4 is 10.6 Å². The van der Waals surface area contributed by atoms with Crippen LogP contribution in [0.1, 0.15) is 33.1 Å². The van der Waals surface area contributed by atoms with Gasteiger partial charge in [0, 0.05) is 12.1 Å². The molecule has 0 bridgehead atoms. The Bertz CT molecular complexity index is 204. The summed E-state index contributed by atoms with van der Waals surface area (Å²) in [5.74, 6) is 0.809. The zero-order chi connectivity index (χ0) is 10.7. The van der Waals surface area contributed by atoms with Gasteiger partial charge in [-0.3, -0.25) is 0 Å². The number of ether oxygens (including phenoxy) is 1. The van der Waals surface area contributed by atoms with E-state index in [-0.39, 0.29) is 5.54 Å². The largest absolute Gasteiger partial charge is 0.377 e. The highest BCUT2D eigenvalue weighted by Crippen LogP contribution is 2.25. The highest BCUT2D eigenvalue weighted by Gasteiger charge is 2.36. The fourth-order valence-electron chi connectivity index (χ4n) is 2.54. The van der Waals surface area contributed by atoms with Crippen LogP contribution in [0.5, 0.6) is 0 Å². The molecule has 2 aliphatic heterocycles. The molecule has 0 spiro atoms. The number of piperidine rings is 1. The van der Waals surface area contributed by atoms with Crippen molar-refractivity contribution in [3.05, 3.63) is 0 Å². The van der Waals surface area contributed by atoms with Crippen LogP contribution in [-0.4, -0.2) is 37.9 Å². The fraction of sp³-hybridized carbons (Fsp3) is 1.00. The first-order chi connectivity index (χ1) is 7.21. The summed E-state index contributed by atoms with van der Waals surface area (Å²) in [7, 11) is 0. The molecular formula is C12H24N2O. The van der Waals surface area contributed by atoms with E-state index in [4.69, 9.17) is 4.74 Å². The van der Waals surface area contributed by atoms with Gasteiger partial charge in [-0.2, -0.15) is 0 Å². The van der Waals surface area contributed by atoms with E-state index >= 15 is 0 Å². The van der Waals surface area contributed by atoms with Crippen LogP contribution in [0, 0.1) is 5.92 Å². The summed E-state index contributed by atoms with van der Waals surface area (Å²) < 4.78 is 5.63. The SMILES string of the molecule is CC1OCCC1(C)NCC1CCCNC1. The molecule has 0 radical (unpaired) electrons. The molecule has 2 saturated heterocycles. The Morgan fingerprint density at radius 3 is 3.00 bits per heavy atom. The first-order valence-electron chi connectivity index (χ1n) is 6.28.